The first-order valence-electron chi connectivity index (χ1n) is 11.0. The molecule has 6 heteroatoms. The predicted molar refractivity (Wildman–Crippen MR) is 118 cm³/mol. The minimum absolute atomic E-state index is 0.0281. The van der Waals surface area contributed by atoms with Gasteiger partial charge in [-0.3, -0.25) is 19.1 Å². The molecule has 1 fully saturated rings. The Morgan fingerprint density at radius 2 is 1.90 bits per heavy atom. The van der Waals surface area contributed by atoms with Crippen LogP contribution in [0.2, 0.25) is 0 Å². The van der Waals surface area contributed by atoms with Crippen molar-refractivity contribution in [3.8, 4) is 11.3 Å². The molecule has 1 amide bonds. The molecule has 30 heavy (non-hydrogen) atoms. The lowest BCUT2D eigenvalue weighted by atomic mass is 9.80. The standard InChI is InChI=1S/C24H32N4O2/c1-18(2)26(3)16-23(30)27-13-11-24(17-27)10-9-21-25-20(19-7-5-4-6-8-19)15-22(29)28(21)14-12-24/h4-8,15,18H,9-14,16-17H2,1-3H3. The summed E-state index contributed by atoms with van der Waals surface area (Å²) in [6, 6.07) is 11.9. The predicted octanol–water partition coefficient (Wildman–Crippen LogP) is 2.81. The Morgan fingerprint density at radius 3 is 2.63 bits per heavy atom. The lowest BCUT2D eigenvalue weighted by Crippen LogP contribution is -2.41. The minimum Gasteiger partial charge on any atom is -0.341 e. The highest BCUT2D eigenvalue weighted by Gasteiger charge is 2.41. The maximum Gasteiger partial charge on any atom is 0.254 e. The number of benzene rings is 1. The van der Waals surface area contributed by atoms with Crippen molar-refractivity contribution in [3.05, 3.63) is 52.6 Å². The van der Waals surface area contributed by atoms with E-state index in [1.54, 1.807) is 6.07 Å². The second kappa shape index (κ2) is 8.34. The van der Waals surface area contributed by atoms with Gasteiger partial charge in [-0.2, -0.15) is 0 Å². The van der Waals surface area contributed by atoms with Crippen molar-refractivity contribution in [1.82, 2.24) is 19.4 Å². The molecular formula is C24H32N4O2. The zero-order chi connectivity index (χ0) is 21.3. The fourth-order valence-electron chi connectivity index (χ4n) is 4.64. The van der Waals surface area contributed by atoms with Crippen molar-refractivity contribution >= 4 is 5.91 Å². The quantitative estimate of drug-likeness (QED) is 0.781. The van der Waals surface area contributed by atoms with E-state index in [-0.39, 0.29) is 16.9 Å². The highest BCUT2D eigenvalue weighted by atomic mass is 16.2. The fraction of sp³-hybridized carbons (Fsp3) is 0.542. The summed E-state index contributed by atoms with van der Waals surface area (Å²) in [5.41, 5.74) is 1.85. The molecule has 0 N–H and O–H groups in total. The van der Waals surface area contributed by atoms with E-state index in [0.717, 1.165) is 55.9 Å². The van der Waals surface area contributed by atoms with Gasteiger partial charge in [-0.15, -0.1) is 0 Å². The highest BCUT2D eigenvalue weighted by Crippen LogP contribution is 2.40. The summed E-state index contributed by atoms with van der Waals surface area (Å²) in [4.78, 5) is 34.6. The zero-order valence-electron chi connectivity index (χ0n) is 18.3. The molecule has 0 saturated carbocycles. The number of aryl methyl sites for hydroxylation is 1. The minimum atomic E-state index is 0.0281. The third-order valence-corrected chi connectivity index (χ3v) is 6.96. The van der Waals surface area contributed by atoms with E-state index < -0.39 is 0 Å². The number of hydrogen-bond donors (Lipinski definition) is 0. The number of amides is 1. The Bertz CT molecular complexity index is 969. The van der Waals surface area contributed by atoms with Gasteiger partial charge in [-0.05, 0) is 45.6 Å². The van der Waals surface area contributed by atoms with E-state index in [9.17, 15) is 9.59 Å². The van der Waals surface area contributed by atoms with Crippen molar-refractivity contribution < 1.29 is 4.79 Å². The summed E-state index contributed by atoms with van der Waals surface area (Å²) in [5, 5.41) is 0. The molecule has 1 aromatic heterocycles. The Kier molecular flexibility index (Phi) is 5.78. The molecule has 2 aromatic rings. The van der Waals surface area contributed by atoms with Crippen LogP contribution in [0.4, 0.5) is 0 Å². The molecule has 6 nitrogen and oxygen atoms in total. The molecule has 1 unspecified atom stereocenters. The first kappa shape index (κ1) is 20.8. The van der Waals surface area contributed by atoms with Gasteiger partial charge in [-0.1, -0.05) is 30.3 Å². The van der Waals surface area contributed by atoms with E-state index in [1.807, 2.05) is 46.8 Å². The number of fused-ring (bicyclic) bond motifs is 1. The van der Waals surface area contributed by atoms with Gasteiger partial charge >= 0.3 is 0 Å². The fourth-order valence-corrected chi connectivity index (χ4v) is 4.64. The number of rotatable bonds is 4. The summed E-state index contributed by atoms with van der Waals surface area (Å²) in [6.07, 6.45) is 3.69. The van der Waals surface area contributed by atoms with Crippen LogP contribution in [0.3, 0.4) is 0 Å². The zero-order valence-corrected chi connectivity index (χ0v) is 18.3. The topological polar surface area (TPSA) is 58.4 Å². The van der Waals surface area contributed by atoms with Crippen molar-refractivity contribution in [2.75, 3.05) is 26.7 Å². The molecule has 1 aromatic carbocycles. The molecule has 3 heterocycles. The van der Waals surface area contributed by atoms with Gasteiger partial charge in [0, 0.05) is 43.7 Å². The van der Waals surface area contributed by atoms with Crippen LogP contribution < -0.4 is 5.56 Å². The molecule has 0 aliphatic carbocycles. The number of aromatic nitrogens is 2. The highest BCUT2D eigenvalue weighted by molar-refractivity contribution is 5.78. The van der Waals surface area contributed by atoms with Gasteiger partial charge in [-0.25, -0.2) is 4.98 Å². The van der Waals surface area contributed by atoms with Crippen LogP contribution in [-0.2, 0) is 17.8 Å². The second-order valence-electron chi connectivity index (χ2n) is 9.24. The second-order valence-corrected chi connectivity index (χ2v) is 9.24. The number of carbonyl (C=O) groups is 1. The van der Waals surface area contributed by atoms with E-state index in [0.29, 0.717) is 19.1 Å². The van der Waals surface area contributed by atoms with Crippen LogP contribution in [0, 0.1) is 5.41 Å². The van der Waals surface area contributed by atoms with Gasteiger partial charge < -0.3 is 4.90 Å². The molecular weight excluding hydrogens is 376 g/mol. The Balaban J connectivity index is 1.49. The SMILES string of the molecule is CC(C)N(C)CC(=O)N1CCC2(CCc3nc(-c4ccccc4)cc(=O)n3CC2)C1. The number of hydrogen-bond acceptors (Lipinski definition) is 4. The molecule has 1 saturated heterocycles. The van der Waals surface area contributed by atoms with Crippen LogP contribution in [0.25, 0.3) is 11.3 Å². The number of nitrogens with zero attached hydrogens (tertiary/aromatic N) is 4. The van der Waals surface area contributed by atoms with E-state index in [4.69, 9.17) is 4.98 Å². The monoisotopic (exact) mass is 408 g/mol. The summed E-state index contributed by atoms with van der Waals surface area (Å²) in [6.45, 7) is 6.98. The first-order chi connectivity index (χ1) is 14.4. The van der Waals surface area contributed by atoms with Crippen LogP contribution >= 0.6 is 0 Å². The molecule has 4 rings (SSSR count). The van der Waals surface area contributed by atoms with Crippen molar-refractivity contribution in [2.24, 2.45) is 5.41 Å². The lowest BCUT2D eigenvalue weighted by Gasteiger charge is -2.28. The molecule has 1 spiro atoms. The van der Waals surface area contributed by atoms with Crippen LogP contribution in [0.15, 0.2) is 41.2 Å². The molecule has 0 radical (unpaired) electrons. The molecule has 0 bridgehead atoms. The maximum absolute atomic E-state index is 12.8. The maximum atomic E-state index is 12.8. The Morgan fingerprint density at radius 1 is 1.17 bits per heavy atom. The Labute approximate surface area is 178 Å². The Hall–Kier alpha value is -2.47. The average molecular weight is 409 g/mol. The van der Waals surface area contributed by atoms with Crippen molar-refractivity contribution in [2.45, 2.75) is 52.1 Å². The number of likely N-dealkylation sites (N-methyl/N-ethyl adjacent to an activating group) is 1. The van der Waals surface area contributed by atoms with Gasteiger partial charge in [0.25, 0.3) is 5.56 Å². The largest absolute Gasteiger partial charge is 0.341 e. The number of likely N-dealkylation sites (tertiary alicyclic amines) is 1. The van der Waals surface area contributed by atoms with Crippen molar-refractivity contribution in [3.63, 3.8) is 0 Å². The van der Waals surface area contributed by atoms with E-state index in [2.05, 4.69) is 18.7 Å². The summed E-state index contributed by atoms with van der Waals surface area (Å²) >= 11 is 0. The van der Waals surface area contributed by atoms with Crippen LogP contribution in [-0.4, -0.2) is 58.0 Å². The molecule has 2 aliphatic heterocycles. The van der Waals surface area contributed by atoms with Gasteiger partial charge in [0.15, 0.2) is 0 Å². The third-order valence-electron chi connectivity index (χ3n) is 6.96. The molecule has 2 aliphatic rings. The van der Waals surface area contributed by atoms with E-state index in [1.165, 1.54) is 0 Å². The molecule has 1 atom stereocenters. The van der Waals surface area contributed by atoms with Crippen LogP contribution in [0.5, 0.6) is 0 Å². The van der Waals surface area contributed by atoms with Crippen LogP contribution in [0.1, 0.15) is 38.9 Å². The normalized spacial score (nSPS) is 21.3. The first-order valence-corrected chi connectivity index (χ1v) is 11.0. The van der Waals surface area contributed by atoms with Gasteiger partial charge in [0.1, 0.15) is 5.82 Å². The summed E-state index contributed by atoms with van der Waals surface area (Å²) in [5.74, 6) is 1.09. The summed E-state index contributed by atoms with van der Waals surface area (Å²) in [7, 11) is 2.00. The number of carbonyl (C=O) groups excluding carboxylic acids is 1. The average Bonchev–Trinajstić information content (AvgIpc) is 3.07. The smallest absolute Gasteiger partial charge is 0.254 e. The van der Waals surface area contributed by atoms with Gasteiger partial charge in [0.2, 0.25) is 5.91 Å². The third kappa shape index (κ3) is 4.19. The molecule has 160 valence electrons. The summed E-state index contributed by atoms with van der Waals surface area (Å²) < 4.78 is 1.85. The lowest BCUT2D eigenvalue weighted by molar-refractivity contribution is -0.131. The van der Waals surface area contributed by atoms with Crippen molar-refractivity contribution in [1.29, 1.82) is 0 Å². The van der Waals surface area contributed by atoms with E-state index >= 15 is 0 Å². The van der Waals surface area contributed by atoms with Gasteiger partial charge in [0.05, 0.1) is 12.2 Å².